The topological polar surface area (TPSA) is 20.2 Å². The van der Waals surface area contributed by atoms with Gasteiger partial charge in [-0.15, -0.1) is 0 Å². The molecule has 0 unspecified atom stereocenters. The van der Waals surface area contributed by atoms with Gasteiger partial charge in [-0.1, -0.05) is 0 Å². The van der Waals surface area contributed by atoms with E-state index < -0.39 is 11.6 Å². The lowest BCUT2D eigenvalue weighted by molar-refractivity contribution is 0.413. The molecule has 0 bridgehead atoms. The van der Waals surface area contributed by atoms with Crippen molar-refractivity contribution in [2.75, 3.05) is 0 Å². The molecule has 0 aliphatic carbocycles. The smallest absolute Gasteiger partial charge is 0.126 e. The second-order valence-electron chi connectivity index (χ2n) is 1.83. The van der Waals surface area contributed by atoms with Crippen molar-refractivity contribution >= 4 is 0 Å². The number of halogens is 2. The lowest BCUT2D eigenvalue weighted by atomic mass is 10.2. The van der Waals surface area contributed by atoms with Gasteiger partial charge in [-0.05, 0) is 17.7 Å². The first-order chi connectivity index (χ1) is 4.72. The number of hydrogen-bond donors (Lipinski definition) is 1. The molecule has 0 saturated heterocycles. The summed E-state index contributed by atoms with van der Waals surface area (Å²) in [7, 11) is 0. The first kappa shape index (κ1) is 7.15. The van der Waals surface area contributed by atoms with Gasteiger partial charge in [0.05, 0.1) is 0 Å². The fourth-order valence-electron chi connectivity index (χ4n) is 0.650. The molecule has 1 N–H and O–H groups in total. The summed E-state index contributed by atoms with van der Waals surface area (Å²) in [6.07, 6.45) is 0. The summed E-state index contributed by atoms with van der Waals surface area (Å²) in [5.41, 5.74) is 0.123. The van der Waals surface area contributed by atoms with Gasteiger partial charge in [0.25, 0.3) is 0 Å². The summed E-state index contributed by atoms with van der Waals surface area (Å²) in [4.78, 5) is 0. The highest BCUT2D eigenvalue weighted by atomic mass is 19.1. The quantitative estimate of drug-likeness (QED) is 0.636. The van der Waals surface area contributed by atoms with Crippen molar-refractivity contribution < 1.29 is 13.9 Å². The van der Waals surface area contributed by atoms with Gasteiger partial charge in [-0.3, -0.25) is 0 Å². The molecule has 53 valence electrons. The minimum atomic E-state index is -0.694. The summed E-state index contributed by atoms with van der Waals surface area (Å²) in [5, 5.41) is 8.33. The third-order valence-electron chi connectivity index (χ3n) is 1.03. The normalized spacial score (nSPS) is 9.90. The number of hydrogen-bond acceptors (Lipinski definition) is 1. The fraction of sp³-hybridized carbons (Fsp3) is 0. The molecule has 3 heteroatoms. The molecule has 0 fully saturated rings. The average Bonchev–Trinajstić information content (AvgIpc) is 1.85. The van der Waals surface area contributed by atoms with Crippen LogP contribution in [0.15, 0.2) is 18.2 Å². The van der Waals surface area contributed by atoms with Crippen molar-refractivity contribution in [3.05, 3.63) is 42.0 Å². The highest BCUT2D eigenvalue weighted by Gasteiger charge is 1.97. The van der Waals surface area contributed by atoms with Crippen LogP contribution >= 0.6 is 0 Å². The van der Waals surface area contributed by atoms with Gasteiger partial charge >= 0.3 is 0 Å². The molecule has 10 heavy (non-hydrogen) atoms. The zero-order valence-electron chi connectivity index (χ0n) is 5.01. The van der Waals surface area contributed by atoms with Gasteiger partial charge in [0.1, 0.15) is 18.2 Å². The maximum Gasteiger partial charge on any atom is 0.126 e. The van der Waals surface area contributed by atoms with Crippen LogP contribution < -0.4 is 0 Å². The molecule has 0 aromatic heterocycles. The molecule has 0 atom stereocenters. The van der Waals surface area contributed by atoms with Gasteiger partial charge in [0.2, 0.25) is 0 Å². The van der Waals surface area contributed by atoms with Crippen molar-refractivity contribution in [3.8, 4) is 0 Å². The lowest BCUT2D eigenvalue weighted by Gasteiger charge is -1.94. The SMILES string of the molecule is O[CH]c1cc(F)cc(F)c1. The summed E-state index contributed by atoms with van der Waals surface area (Å²) in [6.45, 7) is 0.645. The molecule has 1 radical (unpaired) electrons. The predicted molar refractivity (Wildman–Crippen MR) is 31.7 cm³/mol. The third-order valence-corrected chi connectivity index (χ3v) is 1.03. The fourth-order valence-corrected chi connectivity index (χ4v) is 0.650. The number of benzene rings is 1. The van der Waals surface area contributed by atoms with Crippen molar-refractivity contribution in [2.24, 2.45) is 0 Å². The van der Waals surface area contributed by atoms with Crippen LogP contribution in [0.5, 0.6) is 0 Å². The Kier molecular flexibility index (Phi) is 1.97. The van der Waals surface area contributed by atoms with E-state index in [9.17, 15) is 8.78 Å². The van der Waals surface area contributed by atoms with E-state index in [0.717, 1.165) is 18.2 Å². The Labute approximate surface area is 56.9 Å². The largest absolute Gasteiger partial charge is 0.385 e. The monoisotopic (exact) mass is 143 g/mol. The van der Waals surface area contributed by atoms with E-state index in [4.69, 9.17) is 5.11 Å². The van der Waals surface area contributed by atoms with Gasteiger partial charge in [0, 0.05) is 6.07 Å². The Balaban J connectivity index is 3.06. The molecule has 1 aromatic rings. The van der Waals surface area contributed by atoms with Gasteiger partial charge < -0.3 is 5.11 Å². The molecule has 1 rings (SSSR count). The molecule has 0 aliphatic heterocycles. The van der Waals surface area contributed by atoms with Crippen molar-refractivity contribution in [1.82, 2.24) is 0 Å². The Morgan fingerprint density at radius 2 is 1.60 bits per heavy atom. The van der Waals surface area contributed by atoms with Crippen LogP contribution in [0.25, 0.3) is 0 Å². The van der Waals surface area contributed by atoms with E-state index in [1.807, 2.05) is 0 Å². The van der Waals surface area contributed by atoms with E-state index in [2.05, 4.69) is 0 Å². The Bertz CT molecular complexity index is 215. The predicted octanol–water partition coefficient (Wildman–Crippen LogP) is 1.85. The minimum absolute atomic E-state index is 0.123. The number of rotatable bonds is 1. The molecule has 0 amide bonds. The Morgan fingerprint density at radius 1 is 1.10 bits per heavy atom. The van der Waals surface area contributed by atoms with E-state index >= 15 is 0 Å². The molecule has 1 aromatic carbocycles. The first-order valence-corrected chi connectivity index (χ1v) is 2.66. The summed E-state index contributed by atoms with van der Waals surface area (Å²) in [6, 6.07) is 2.80. The molecular formula is C7H5F2O. The van der Waals surface area contributed by atoms with Crippen LogP contribution in [0.2, 0.25) is 0 Å². The lowest BCUT2D eigenvalue weighted by Crippen LogP contribution is -1.85. The van der Waals surface area contributed by atoms with Crippen LogP contribution in [0, 0.1) is 18.2 Å². The maximum absolute atomic E-state index is 12.2. The second-order valence-corrected chi connectivity index (χ2v) is 1.83. The van der Waals surface area contributed by atoms with Crippen molar-refractivity contribution in [1.29, 1.82) is 0 Å². The molecule has 0 spiro atoms. The standard InChI is InChI=1S/C7H5F2O/c8-6-1-5(4-10)2-7(9)3-6/h1-4,10H. The Morgan fingerprint density at radius 3 is 2.00 bits per heavy atom. The molecule has 0 heterocycles. The van der Waals surface area contributed by atoms with E-state index in [-0.39, 0.29) is 5.56 Å². The highest BCUT2D eigenvalue weighted by molar-refractivity contribution is 5.21. The minimum Gasteiger partial charge on any atom is -0.385 e. The van der Waals surface area contributed by atoms with Crippen LogP contribution in [-0.2, 0) is 0 Å². The van der Waals surface area contributed by atoms with Crippen LogP contribution in [0.3, 0.4) is 0 Å². The first-order valence-electron chi connectivity index (χ1n) is 2.66. The average molecular weight is 143 g/mol. The van der Waals surface area contributed by atoms with Gasteiger partial charge in [-0.2, -0.15) is 0 Å². The second kappa shape index (κ2) is 2.75. The summed E-state index contributed by atoms with van der Waals surface area (Å²) < 4.78 is 24.5. The summed E-state index contributed by atoms with van der Waals surface area (Å²) >= 11 is 0. The zero-order valence-corrected chi connectivity index (χ0v) is 5.01. The van der Waals surface area contributed by atoms with Crippen molar-refractivity contribution in [2.45, 2.75) is 0 Å². The van der Waals surface area contributed by atoms with E-state index in [0.29, 0.717) is 6.61 Å². The number of aliphatic hydroxyl groups excluding tert-OH is 1. The highest BCUT2D eigenvalue weighted by Crippen LogP contribution is 2.07. The number of aliphatic hydroxyl groups is 1. The Hall–Kier alpha value is -0.960. The van der Waals surface area contributed by atoms with Gasteiger partial charge in [0.15, 0.2) is 0 Å². The molecular weight excluding hydrogens is 138 g/mol. The third kappa shape index (κ3) is 1.51. The van der Waals surface area contributed by atoms with Crippen molar-refractivity contribution in [3.63, 3.8) is 0 Å². The molecule has 0 aliphatic rings. The summed E-state index contributed by atoms with van der Waals surface area (Å²) in [5.74, 6) is -1.39. The zero-order chi connectivity index (χ0) is 7.56. The molecule has 1 nitrogen and oxygen atoms in total. The van der Waals surface area contributed by atoms with E-state index in [1.54, 1.807) is 0 Å². The maximum atomic E-state index is 12.2. The van der Waals surface area contributed by atoms with Crippen LogP contribution in [0.4, 0.5) is 8.78 Å². The van der Waals surface area contributed by atoms with Gasteiger partial charge in [-0.25, -0.2) is 8.78 Å². The molecule has 0 saturated carbocycles. The van der Waals surface area contributed by atoms with Crippen LogP contribution in [0.1, 0.15) is 5.56 Å². The van der Waals surface area contributed by atoms with Crippen LogP contribution in [-0.4, -0.2) is 5.11 Å². The van der Waals surface area contributed by atoms with E-state index in [1.165, 1.54) is 0 Å².